The van der Waals surface area contributed by atoms with Gasteiger partial charge in [0, 0.05) is 25.8 Å². The number of hydrogen-bond donors (Lipinski definition) is 1. The zero-order chi connectivity index (χ0) is 21.0. The summed E-state index contributed by atoms with van der Waals surface area (Å²) in [7, 11) is -1.75. The average Bonchev–Trinajstić information content (AvgIpc) is 3.50. The van der Waals surface area contributed by atoms with Gasteiger partial charge >= 0.3 is 0 Å². The van der Waals surface area contributed by atoms with E-state index < -0.39 is 10.0 Å². The third kappa shape index (κ3) is 4.61. The van der Waals surface area contributed by atoms with Gasteiger partial charge in [-0.1, -0.05) is 12.1 Å². The molecule has 2 aliphatic rings. The van der Waals surface area contributed by atoms with Crippen molar-refractivity contribution in [3.63, 3.8) is 0 Å². The van der Waals surface area contributed by atoms with Gasteiger partial charge in [0.15, 0.2) is 0 Å². The van der Waals surface area contributed by atoms with Crippen molar-refractivity contribution in [1.29, 1.82) is 0 Å². The first kappa shape index (κ1) is 21.1. The van der Waals surface area contributed by atoms with Gasteiger partial charge in [-0.05, 0) is 68.6 Å². The molecule has 30 heavy (non-hydrogen) atoms. The van der Waals surface area contributed by atoms with E-state index in [2.05, 4.69) is 27.3 Å². The van der Waals surface area contributed by atoms with Crippen molar-refractivity contribution in [2.75, 3.05) is 45.2 Å². The first-order valence-corrected chi connectivity index (χ1v) is 12.1. The van der Waals surface area contributed by atoms with Crippen LogP contribution in [0.1, 0.15) is 37.3 Å². The van der Waals surface area contributed by atoms with Crippen molar-refractivity contribution in [1.82, 2.24) is 14.2 Å². The molecule has 0 radical (unpaired) electrons. The molecule has 2 aromatic rings. The molecule has 1 N–H and O–H groups in total. The molecule has 1 atom stereocenters. The third-order valence-electron chi connectivity index (χ3n) is 6.00. The molecule has 0 aliphatic carbocycles. The highest BCUT2D eigenvalue weighted by Crippen LogP contribution is 2.27. The summed E-state index contributed by atoms with van der Waals surface area (Å²) in [5, 5.41) is 3.40. The van der Waals surface area contributed by atoms with E-state index in [1.807, 2.05) is 12.1 Å². The van der Waals surface area contributed by atoms with Gasteiger partial charge in [0.1, 0.15) is 16.5 Å². The molecule has 1 aromatic carbocycles. The summed E-state index contributed by atoms with van der Waals surface area (Å²) in [6.45, 7) is 4.07. The van der Waals surface area contributed by atoms with Crippen LogP contribution in [0.4, 0.5) is 5.82 Å². The van der Waals surface area contributed by atoms with Gasteiger partial charge in [-0.25, -0.2) is 13.4 Å². The monoisotopic (exact) mass is 430 g/mol. The van der Waals surface area contributed by atoms with E-state index in [9.17, 15) is 8.42 Å². The molecule has 1 unspecified atom stereocenters. The Bertz CT molecular complexity index is 920. The molecular weight excluding hydrogens is 400 g/mol. The number of nitrogens with zero attached hydrogens (tertiary/aromatic N) is 3. The van der Waals surface area contributed by atoms with Crippen LogP contribution in [0.15, 0.2) is 47.5 Å². The Morgan fingerprint density at radius 3 is 2.27 bits per heavy atom. The highest BCUT2D eigenvalue weighted by molar-refractivity contribution is 7.89. The van der Waals surface area contributed by atoms with Gasteiger partial charge in [-0.2, -0.15) is 4.31 Å². The van der Waals surface area contributed by atoms with Crippen LogP contribution in [0.5, 0.6) is 5.75 Å². The van der Waals surface area contributed by atoms with Crippen molar-refractivity contribution in [3.8, 4) is 5.75 Å². The Morgan fingerprint density at radius 2 is 1.67 bits per heavy atom. The standard InChI is InChI=1S/C22H30N4O3S/c1-29-19-8-6-18(7-9-19)21(25-12-2-3-13-25)17-24-22-11-10-20(16-23-22)30(27,28)26-14-4-5-15-26/h6-11,16,21H,2-5,12-15,17H2,1H3,(H,23,24). The number of pyridine rings is 1. The predicted molar refractivity (Wildman–Crippen MR) is 117 cm³/mol. The highest BCUT2D eigenvalue weighted by Gasteiger charge is 2.27. The predicted octanol–water partition coefficient (Wildman–Crippen LogP) is 3.12. The number of methoxy groups -OCH3 is 1. The van der Waals surface area contributed by atoms with Gasteiger partial charge in [0.05, 0.1) is 13.2 Å². The smallest absolute Gasteiger partial charge is 0.244 e. The van der Waals surface area contributed by atoms with E-state index >= 15 is 0 Å². The largest absolute Gasteiger partial charge is 0.497 e. The van der Waals surface area contributed by atoms with Gasteiger partial charge in [-0.3, -0.25) is 4.90 Å². The van der Waals surface area contributed by atoms with Crippen molar-refractivity contribution >= 4 is 15.8 Å². The number of nitrogens with one attached hydrogen (secondary N) is 1. The molecule has 8 heteroatoms. The normalized spacial score (nSPS) is 19.1. The van der Waals surface area contributed by atoms with Crippen molar-refractivity contribution < 1.29 is 13.2 Å². The molecule has 3 heterocycles. The second-order valence-electron chi connectivity index (χ2n) is 7.90. The summed E-state index contributed by atoms with van der Waals surface area (Å²) in [4.78, 5) is 7.13. The zero-order valence-corrected chi connectivity index (χ0v) is 18.3. The lowest BCUT2D eigenvalue weighted by Crippen LogP contribution is -2.31. The fraction of sp³-hybridized carbons (Fsp3) is 0.500. The molecule has 0 amide bonds. The van der Waals surface area contributed by atoms with Crippen LogP contribution >= 0.6 is 0 Å². The summed E-state index contributed by atoms with van der Waals surface area (Å²) in [6, 6.07) is 11.9. The number of anilines is 1. The van der Waals surface area contributed by atoms with E-state index in [0.29, 0.717) is 25.5 Å². The molecule has 4 rings (SSSR count). The summed E-state index contributed by atoms with van der Waals surface area (Å²) in [5.41, 5.74) is 1.23. The fourth-order valence-electron chi connectivity index (χ4n) is 4.25. The SMILES string of the molecule is COc1ccc(C(CNc2ccc(S(=O)(=O)N3CCCC3)cn2)N2CCCC2)cc1. The number of likely N-dealkylation sites (tertiary alicyclic amines) is 1. The Labute approximate surface area is 179 Å². The third-order valence-corrected chi connectivity index (χ3v) is 7.88. The lowest BCUT2D eigenvalue weighted by Gasteiger charge is -2.28. The van der Waals surface area contributed by atoms with Crippen LogP contribution in [-0.4, -0.2) is 62.4 Å². The minimum atomic E-state index is -3.43. The molecule has 1 aromatic heterocycles. The lowest BCUT2D eigenvalue weighted by molar-refractivity contribution is 0.255. The number of aromatic nitrogens is 1. The first-order valence-electron chi connectivity index (χ1n) is 10.7. The second-order valence-corrected chi connectivity index (χ2v) is 9.84. The van der Waals surface area contributed by atoms with Gasteiger partial charge in [-0.15, -0.1) is 0 Å². The van der Waals surface area contributed by atoms with E-state index in [0.717, 1.165) is 31.7 Å². The van der Waals surface area contributed by atoms with E-state index in [1.165, 1.54) is 24.6 Å². The van der Waals surface area contributed by atoms with Crippen molar-refractivity contribution in [2.45, 2.75) is 36.6 Å². The number of ether oxygens (including phenoxy) is 1. The highest BCUT2D eigenvalue weighted by atomic mass is 32.2. The van der Waals surface area contributed by atoms with Crippen LogP contribution in [0.3, 0.4) is 0 Å². The van der Waals surface area contributed by atoms with Gasteiger partial charge in [0.25, 0.3) is 0 Å². The number of benzene rings is 1. The van der Waals surface area contributed by atoms with E-state index in [4.69, 9.17) is 4.74 Å². The molecule has 162 valence electrons. The quantitative estimate of drug-likeness (QED) is 0.694. The number of hydrogen-bond acceptors (Lipinski definition) is 6. The Hall–Kier alpha value is -2.16. The molecule has 0 spiro atoms. The average molecular weight is 431 g/mol. The first-order chi connectivity index (χ1) is 14.6. The van der Waals surface area contributed by atoms with Crippen LogP contribution < -0.4 is 10.1 Å². The Morgan fingerprint density at radius 1 is 1.00 bits per heavy atom. The summed E-state index contributed by atoms with van der Waals surface area (Å²) < 4.78 is 32.2. The molecule has 2 saturated heterocycles. The van der Waals surface area contributed by atoms with Crippen molar-refractivity contribution in [2.24, 2.45) is 0 Å². The number of sulfonamides is 1. The molecule has 7 nitrogen and oxygen atoms in total. The van der Waals surface area contributed by atoms with Crippen LogP contribution in [0.25, 0.3) is 0 Å². The fourth-order valence-corrected chi connectivity index (χ4v) is 5.72. The molecular formula is C22H30N4O3S. The van der Waals surface area contributed by atoms with E-state index in [-0.39, 0.29) is 10.9 Å². The summed E-state index contributed by atoms with van der Waals surface area (Å²) in [5.74, 6) is 1.54. The molecule has 2 aliphatic heterocycles. The lowest BCUT2D eigenvalue weighted by atomic mass is 10.1. The minimum absolute atomic E-state index is 0.230. The van der Waals surface area contributed by atoms with Crippen molar-refractivity contribution in [3.05, 3.63) is 48.2 Å². The zero-order valence-electron chi connectivity index (χ0n) is 17.5. The number of rotatable bonds is 8. The van der Waals surface area contributed by atoms with Crippen LogP contribution in [-0.2, 0) is 10.0 Å². The Kier molecular flexibility index (Phi) is 6.55. The Balaban J connectivity index is 1.45. The minimum Gasteiger partial charge on any atom is -0.497 e. The topological polar surface area (TPSA) is 74.8 Å². The maximum Gasteiger partial charge on any atom is 0.244 e. The van der Waals surface area contributed by atoms with E-state index in [1.54, 1.807) is 23.5 Å². The molecule has 2 fully saturated rings. The van der Waals surface area contributed by atoms with Crippen LogP contribution in [0, 0.1) is 0 Å². The maximum atomic E-state index is 12.7. The van der Waals surface area contributed by atoms with Gasteiger partial charge < -0.3 is 10.1 Å². The van der Waals surface area contributed by atoms with Gasteiger partial charge in [0.2, 0.25) is 10.0 Å². The molecule has 0 saturated carbocycles. The second kappa shape index (κ2) is 9.32. The van der Waals surface area contributed by atoms with Crippen LogP contribution in [0.2, 0.25) is 0 Å². The maximum absolute atomic E-state index is 12.7. The summed E-state index contributed by atoms with van der Waals surface area (Å²) >= 11 is 0. The molecule has 0 bridgehead atoms. The summed E-state index contributed by atoms with van der Waals surface area (Å²) in [6.07, 6.45) is 5.75.